The average Bonchev–Trinajstić information content (AvgIpc) is 3.14. The molecule has 0 fully saturated rings. The Morgan fingerprint density at radius 1 is 1.12 bits per heavy atom. The minimum Gasteiger partial charge on any atom is -0.497 e. The molecule has 7 heteroatoms. The number of rotatable bonds is 8. The predicted molar refractivity (Wildman–Crippen MR) is 101 cm³/mol. The van der Waals surface area contributed by atoms with E-state index in [0.717, 1.165) is 23.5 Å². The van der Waals surface area contributed by atoms with E-state index < -0.39 is 0 Å². The fourth-order valence-corrected chi connectivity index (χ4v) is 3.12. The van der Waals surface area contributed by atoms with Crippen LogP contribution in [-0.2, 0) is 4.79 Å². The molecule has 1 N–H and O–H groups in total. The molecule has 1 heterocycles. The number of carbonyl (C=O) groups excluding carboxylic acids is 1. The first-order chi connectivity index (χ1) is 12.7. The van der Waals surface area contributed by atoms with Crippen molar-refractivity contribution in [2.45, 2.75) is 17.7 Å². The van der Waals surface area contributed by atoms with Crippen molar-refractivity contribution >= 4 is 23.7 Å². The SMILES string of the molecule is COc1ccc(-c2nnc(NC(=O)CCCSc3ccccc3)o2)cc1. The quantitative estimate of drug-likeness (QED) is 0.472. The Kier molecular flexibility index (Phi) is 6.27. The number of nitrogens with one attached hydrogen (secondary N) is 1. The molecule has 0 bridgehead atoms. The number of benzene rings is 2. The van der Waals surface area contributed by atoms with Crippen molar-refractivity contribution in [3.05, 3.63) is 54.6 Å². The summed E-state index contributed by atoms with van der Waals surface area (Å²) in [4.78, 5) is 13.2. The summed E-state index contributed by atoms with van der Waals surface area (Å²) in [5.41, 5.74) is 0.762. The van der Waals surface area contributed by atoms with Crippen molar-refractivity contribution in [3.63, 3.8) is 0 Å². The number of carbonyl (C=O) groups is 1. The van der Waals surface area contributed by atoms with E-state index in [4.69, 9.17) is 9.15 Å². The second kappa shape index (κ2) is 9.05. The Bertz CT molecular complexity index is 835. The number of methoxy groups -OCH3 is 1. The molecule has 3 rings (SSSR count). The zero-order valence-electron chi connectivity index (χ0n) is 14.3. The van der Waals surface area contributed by atoms with Gasteiger partial charge < -0.3 is 9.15 Å². The summed E-state index contributed by atoms with van der Waals surface area (Å²) < 4.78 is 10.6. The monoisotopic (exact) mass is 369 g/mol. The minimum atomic E-state index is -0.136. The van der Waals surface area contributed by atoms with Gasteiger partial charge in [0, 0.05) is 16.9 Å². The van der Waals surface area contributed by atoms with Gasteiger partial charge in [0.05, 0.1) is 7.11 Å². The number of aromatic nitrogens is 2. The summed E-state index contributed by atoms with van der Waals surface area (Å²) >= 11 is 1.73. The molecule has 134 valence electrons. The van der Waals surface area contributed by atoms with Crippen molar-refractivity contribution < 1.29 is 13.9 Å². The van der Waals surface area contributed by atoms with E-state index in [0.29, 0.717) is 12.3 Å². The lowest BCUT2D eigenvalue weighted by Gasteiger charge is -2.02. The van der Waals surface area contributed by atoms with E-state index >= 15 is 0 Å². The van der Waals surface area contributed by atoms with E-state index in [2.05, 4.69) is 27.6 Å². The summed E-state index contributed by atoms with van der Waals surface area (Å²) in [5, 5.41) is 10.5. The molecular formula is C19H19N3O3S. The summed E-state index contributed by atoms with van der Waals surface area (Å²) in [6.45, 7) is 0. The van der Waals surface area contributed by atoms with E-state index in [1.165, 1.54) is 4.90 Å². The van der Waals surface area contributed by atoms with E-state index in [1.807, 2.05) is 42.5 Å². The molecule has 0 aliphatic heterocycles. The number of thioether (sulfide) groups is 1. The summed E-state index contributed by atoms with van der Waals surface area (Å²) in [6, 6.07) is 17.5. The molecule has 3 aromatic rings. The molecule has 0 spiro atoms. The number of ether oxygens (including phenoxy) is 1. The van der Waals surface area contributed by atoms with Gasteiger partial charge in [0.25, 0.3) is 0 Å². The topological polar surface area (TPSA) is 77.3 Å². The van der Waals surface area contributed by atoms with Gasteiger partial charge in [-0.2, -0.15) is 0 Å². The molecule has 0 unspecified atom stereocenters. The minimum absolute atomic E-state index is 0.108. The van der Waals surface area contributed by atoms with Crippen LogP contribution in [0.3, 0.4) is 0 Å². The highest BCUT2D eigenvalue weighted by molar-refractivity contribution is 7.99. The Morgan fingerprint density at radius 2 is 1.88 bits per heavy atom. The largest absolute Gasteiger partial charge is 0.497 e. The van der Waals surface area contributed by atoms with E-state index in [9.17, 15) is 4.79 Å². The standard InChI is InChI=1S/C19H19N3O3S/c1-24-15-11-9-14(10-12-15)18-21-22-19(25-18)20-17(23)8-5-13-26-16-6-3-2-4-7-16/h2-4,6-7,9-12H,5,8,13H2,1H3,(H,20,22,23). The van der Waals surface area contributed by atoms with Crippen LogP contribution in [-0.4, -0.2) is 29.0 Å². The lowest BCUT2D eigenvalue weighted by Crippen LogP contribution is -2.11. The highest BCUT2D eigenvalue weighted by Gasteiger charge is 2.11. The molecule has 0 saturated carbocycles. The molecule has 26 heavy (non-hydrogen) atoms. The molecule has 0 atom stereocenters. The van der Waals surface area contributed by atoms with Crippen molar-refractivity contribution in [3.8, 4) is 17.2 Å². The van der Waals surface area contributed by atoms with Crippen LogP contribution >= 0.6 is 11.8 Å². The van der Waals surface area contributed by atoms with Gasteiger partial charge in [-0.05, 0) is 48.6 Å². The summed E-state index contributed by atoms with van der Waals surface area (Å²) in [5.74, 6) is 1.83. The van der Waals surface area contributed by atoms with Crippen LogP contribution in [0.5, 0.6) is 5.75 Å². The molecule has 0 aliphatic rings. The first-order valence-corrected chi connectivity index (χ1v) is 9.19. The third-order valence-electron chi connectivity index (χ3n) is 3.57. The van der Waals surface area contributed by atoms with Gasteiger partial charge in [0.15, 0.2) is 0 Å². The average molecular weight is 369 g/mol. The number of hydrogen-bond donors (Lipinski definition) is 1. The number of nitrogens with zero attached hydrogens (tertiary/aromatic N) is 2. The highest BCUT2D eigenvalue weighted by Crippen LogP contribution is 2.23. The van der Waals surface area contributed by atoms with Gasteiger partial charge in [-0.3, -0.25) is 10.1 Å². The van der Waals surface area contributed by atoms with Crippen LogP contribution < -0.4 is 10.1 Å². The second-order valence-electron chi connectivity index (χ2n) is 5.45. The fraction of sp³-hybridized carbons (Fsp3) is 0.211. The molecule has 6 nitrogen and oxygen atoms in total. The van der Waals surface area contributed by atoms with Gasteiger partial charge in [0.1, 0.15) is 5.75 Å². The van der Waals surface area contributed by atoms with Gasteiger partial charge in [-0.15, -0.1) is 16.9 Å². The van der Waals surface area contributed by atoms with Gasteiger partial charge >= 0.3 is 6.01 Å². The summed E-state index contributed by atoms with van der Waals surface area (Å²) in [7, 11) is 1.60. The van der Waals surface area contributed by atoms with Gasteiger partial charge in [0.2, 0.25) is 11.8 Å². The second-order valence-corrected chi connectivity index (χ2v) is 6.62. The maximum absolute atomic E-state index is 12.0. The van der Waals surface area contributed by atoms with Gasteiger partial charge in [-0.25, -0.2) is 0 Å². The zero-order valence-corrected chi connectivity index (χ0v) is 15.2. The molecule has 2 aromatic carbocycles. The van der Waals surface area contributed by atoms with Gasteiger partial charge in [-0.1, -0.05) is 23.3 Å². The Hall–Kier alpha value is -2.80. The lowest BCUT2D eigenvalue weighted by atomic mass is 10.2. The van der Waals surface area contributed by atoms with Crippen molar-refractivity contribution in [1.82, 2.24) is 10.2 Å². The third-order valence-corrected chi connectivity index (χ3v) is 4.67. The first-order valence-electron chi connectivity index (χ1n) is 8.20. The van der Waals surface area contributed by atoms with Crippen LogP contribution in [0, 0.1) is 0 Å². The first kappa shape index (κ1) is 18.0. The van der Waals surface area contributed by atoms with Crippen LogP contribution in [0.15, 0.2) is 63.9 Å². The number of amides is 1. The van der Waals surface area contributed by atoms with Crippen LogP contribution in [0.4, 0.5) is 6.01 Å². The van der Waals surface area contributed by atoms with Crippen LogP contribution in [0.25, 0.3) is 11.5 Å². The maximum Gasteiger partial charge on any atom is 0.322 e. The summed E-state index contributed by atoms with van der Waals surface area (Å²) in [6.07, 6.45) is 1.17. The highest BCUT2D eigenvalue weighted by atomic mass is 32.2. The molecule has 0 saturated heterocycles. The third kappa shape index (κ3) is 5.10. The molecular weight excluding hydrogens is 350 g/mol. The maximum atomic E-state index is 12.0. The fourth-order valence-electron chi connectivity index (χ4n) is 2.25. The number of anilines is 1. The van der Waals surface area contributed by atoms with E-state index in [-0.39, 0.29) is 11.9 Å². The zero-order chi connectivity index (χ0) is 18.2. The Morgan fingerprint density at radius 3 is 2.62 bits per heavy atom. The number of hydrogen-bond acceptors (Lipinski definition) is 6. The van der Waals surface area contributed by atoms with Crippen molar-refractivity contribution in [1.29, 1.82) is 0 Å². The van der Waals surface area contributed by atoms with Crippen LogP contribution in [0.2, 0.25) is 0 Å². The molecule has 0 radical (unpaired) electrons. The predicted octanol–water partition coefficient (Wildman–Crippen LogP) is 4.26. The van der Waals surface area contributed by atoms with Crippen LogP contribution in [0.1, 0.15) is 12.8 Å². The molecule has 1 amide bonds. The van der Waals surface area contributed by atoms with E-state index in [1.54, 1.807) is 18.9 Å². The molecule has 1 aromatic heterocycles. The Balaban J connectivity index is 1.45. The Labute approximate surface area is 156 Å². The molecule has 0 aliphatic carbocycles. The lowest BCUT2D eigenvalue weighted by molar-refractivity contribution is -0.116. The van der Waals surface area contributed by atoms with Crippen molar-refractivity contribution in [2.75, 3.05) is 18.2 Å². The smallest absolute Gasteiger partial charge is 0.322 e. The van der Waals surface area contributed by atoms with Crippen molar-refractivity contribution in [2.24, 2.45) is 0 Å². The normalized spacial score (nSPS) is 10.5.